The van der Waals surface area contributed by atoms with Crippen molar-refractivity contribution in [1.82, 2.24) is 14.9 Å². The van der Waals surface area contributed by atoms with Gasteiger partial charge in [0.2, 0.25) is 0 Å². The maximum atomic E-state index is 12.5. The molecule has 2 aromatic rings. The molecule has 1 atom stereocenters. The van der Waals surface area contributed by atoms with Crippen molar-refractivity contribution < 1.29 is 9.53 Å². The molecule has 3 rings (SSSR count). The summed E-state index contributed by atoms with van der Waals surface area (Å²) in [5, 5.41) is 0. The maximum Gasteiger partial charge on any atom is 0.410 e. The number of likely N-dealkylation sites (tertiary alicyclic amines) is 1. The van der Waals surface area contributed by atoms with Crippen LogP contribution in [-0.4, -0.2) is 33.1 Å². The van der Waals surface area contributed by atoms with E-state index in [9.17, 15) is 4.79 Å². The van der Waals surface area contributed by atoms with Crippen LogP contribution in [0.1, 0.15) is 64.4 Å². The fourth-order valence-corrected chi connectivity index (χ4v) is 3.17. The number of hydrogen-bond donors (Lipinski definition) is 1. The van der Waals surface area contributed by atoms with Gasteiger partial charge in [-0.25, -0.2) is 9.78 Å². The molecule has 1 aliphatic heterocycles. The van der Waals surface area contributed by atoms with Crippen LogP contribution in [0.4, 0.5) is 4.79 Å². The molecule has 0 radical (unpaired) electrons. The number of benzene rings is 1. The van der Waals surface area contributed by atoms with Crippen molar-refractivity contribution in [1.29, 1.82) is 0 Å². The lowest BCUT2D eigenvalue weighted by molar-refractivity contribution is 0.0219. The Bertz CT molecular complexity index is 850. The molecule has 0 bridgehead atoms. The summed E-state index contributed by atoms with van der Waals surface area (Å²) in [6.07, 6.45) is 4.24. The molecule has 1 saturated heterocycles. The molecule has 2 heterocycles. The third kappa shape index (κ3) is 4.71. The maximum absolute atomic E-state index is 12.5. The molecular weight excluding hydrogens is 338 g/mol. The van der Waals surface area contributed by atoms with Crippen LogP contribution in [0.2, 0.25) is 0 Å². The zero-order chi connectivity index (χ0) is 19.4. The third-order valence-electron chi connectivity index (χ3n) is 4.40. The molecule has 0 spiro atoms. The normalized spacial score (nSPS) is 16.7. The van der Waals surface area contributed by atoms with E-state index >= 15 is 0 Å². The van der Waals surface area contributed by atoms with Gasteiger partial charge in [0, 0.05) is 18.5 Å². The van der Waals surface area contributed by atoms with Crippen LogP contribution in [0, 0.1) is 11.8 Å². The van der Waals surface area contributed by atoms with Crippen molar-refractivity contribution in [2.45, 2.75) is 58.6 Å². The standard InChI is InChI=1S/C22H27N3O2/c1-5-6-8-16-10-12-17(13-11-16)18-15-23-20(24-18)19-9-7-14-25(19)21(26)27-22(2,3)4/h10-13,15,19H,5,7,9,14H2,1-4H3,(H,23,24). The van der Waals surface area contributed by atoms with Gasteiger partial charge in [0.25, 0.3) is 0 Å². The van der Waals surface area contributed by atoms with Gasteiger partial charge in [-0.3, -0.25) is 4.90 Å². The quantitative estimate of drug-likeness (QED) is 0.769. The fourth-order valence-electron chi connectivity index (χ4n) is 3.17. The Kier molecular flexibility index (Phi) is 5.55. The van der Waals surface area contributed by atoms with Gasteiger partial charge < -0.3 is 9.72 Å². The van der Waals surface area contributed by atoms with Crippen LogP contribution in [0.25, 0.3) is 11.3 Å². The van der Waals surface area contributed by atoms with Crippen LogP contribution in [0.5, 0.6) is 0 Å². The lowest BCUT2D eigenvalue weighted by atomic mass is 10.1. The van der Waals surface area contributed by atoms with Gasteiger partial charge in [0.1, 0.15) is 11.4 Å². The summed E-state index contributed by atoms with van der Waals surface area (Å²) < 4.78 is 5.54. The third-order valence-corrected chi connectivity index (χ3v) is 4.40. The topological polar surface area (TPSA) is 58.2 Å². The number of amides is 1. The van der Waals surface area contributed by atoms with Crippen molar-refractivity contribution >= 4 is 6.09 Å². The number of rotatable bonds is 2. The minimum Gasteiger partial charge on any atom is -0.444 e. The summed E-state index contributed by atoms with van der Waals surface area (Å²) in [6.45, 7) is 8.39. The van der Waals surface area contributed by atoms with Crippen molar-refractivity contribution in [3.63, 3.8) is 0 Å². The van der Waals surface area contributed by atoms with Crippen molar-refractivity contribution in [3.8, 4) is 23.1 Å². The van der Waals surface area contributed by atoms with Crippen molar-refractivity contribution in [2.24, 2.45) is 0 Å². The second-order valence-corrected chi connectivity index (χ2v) is 7.75. The molecule has 1 aromatic heterocycles. The highest BCUT2D eigenvalue weighted by Gasteiger charge is 2.34. The smallest absolute Gasteiger partial charge is 0.410 e. The molecule has 5 heteroatoms. The number of aromatic nitrogens is 2. The lowest BCUT2D eigenvalue weighted by Crippen LogP contribution is -2.36. The van der Waals surface area contributed by atoms with Crippen molar-refractivity contribution in [2.75, 3.05) is 6.54 Å². The first-order valence-electron chi connectivity index (χ1n) is 9.51. The summed E-state index contributed by atoms with van der Waals surface area (Å²) in [6, 6.07) is 8.04. The Morgan fingerprint density at radius 3 is 2.74 bits per heavy atom. The van der Waals surface area contributed by atoms with Crippen LogP contribution in [-0.2, 0) is 4.74 Å². The van der Waals surface area contributed by atoms with E-state index in [2.05, 4.69) is 21.8 Å². The highest BCUT2D eigenvalue weighted by Crippen LogP contribution is 2.32. The summed E-state index contributed by atoms with van der Waals surface area (Å²) in [4.78, 5) is 22.2. The zero-order valence-electron chi connectivity index (χ0n) is 16.5. The fraction of sp³-hybridized carbons (Fsp3) is 0.455. The van der Waals surface area contributed by atoms with Gasteiger partial charge >= 0.3 is 6.09 Å². The Labute approximate surface area is 161 Å². The largest absolute Gasteiger partial charge is 0.444 e. The average molecular weight is 365 g/mol. The Balaban J connectivity index is 1.75. The number of nitrogens with zero attached hydrogens (tertiary/aromatic N) is 2. The molecule has 5 nitrogen and oxygen atoms in total. The summed E-state index contributed by atoms with van der Waals surface area (Å²) >= 11 is 0. The highest BCUT2D eigenvalue weighted by molar-refractivity contribution is 5.69. The zero-order valence-corrected chi connectivity index (χ0v) is 16.5. The average Bonchev–Trinajstić information content (AvgIpc) is 3.27. The van der Waals surface area contributed by atoms with E-state index in [1.807, 2.05) is 58.2 Å². The number of nitrogens with one attached hydrogen (secondary N) is 1. The summed E-state index contributed by atoms with van der Waals surface area (Å²) in [7, 11) is 0. The molecule has 1 aromatic carbocycles. The Morgan fingerprint density at radius 2 is 2.07 bits per heavy atom. The molecule has 0 aliphatic carbocycles. The summed E-state index contributed by atoms with van der Waals surface area (Å²) in [5.41, 5.74) is 2.50. The van der Waals surface area contributed by atoms with E-state index in [4.69, 9.17) is 4.74 Å². The van der Waals surface area contributed by atoms with Gasteiger partial charge in [0.05, 0.1) is 17.9 Å². The van der Waals surface area contributed by atoms with E-state index in [-0.39, 0.29) is 12.1 Å². The molecule has 1 amide bonds. The number of ether oxygens (including phenoxy) is 1. The van der Waals surface area contributed by atoms with Crippen molar-refractivity contribution in [3.05, 3.63) is 41.9 Å². The van der Waals surface area contributed by atoms with Gasteiger partial charge in [-0.15, -0.1) is 0 Å². The Hall–Kier alpha value is -2.74. The predicted molar refractivity (Wildman–Crippen MR) is 106 cm³/mol. The molecular formula is C22H27N3O2. The molecule has 0 saturated carbocycles. The Morgan fingerprint density at radius 1 is 1.33 bits per heavy atom. The van der Waals surface area contributed by atoms with Gasteiger partial charge in [0.15, 0.2) is 0 Å². The van der Waals surface area contributed by atoms with Crippen LogP contribution >= 0.6 is 0 Å². The minimum atomic E-state index is -0.499. The first kappa shape index (κ1) is 19.0. The number of hydrogen-bond acceptors (Lipinski definition) is 3. The van der Waals surface area contributed by atoms with Gasteiger partial charge in [-0.2, -0.15) is 0 Å². The second kappa shape index (κ2) is 7.87. The van der Waals surface area contributed by atoms with E-state index in [1.165, 1.54) is 0 Å². The van der Waals surface area contributed by atoms with E-state index < -0.39 is 5.60 Å². The van der Waals surface area contributed by atoms with Crippen LogP contribution < -0.4 is 0 Å². The lowest BCUT2D eigenvalue weighted by Gasteiger charge is -2.27. The van der Waals surface area contributed by atoms with Crippen LogP contribution in [0.15, 0.2) is 30.5 Å². The molecule has 1 aliphatic rings. The SMILES string of the molecule is CCC#Cc1ccc(-c2cnc(C3CCCN3C(=O)OC(C)(C)C)[nH]2)cc1. The number of imidazole rings is 1. The molecule has 142 valence electrons. The number of carbonyl (C=O) groups excluding carboxylic acids is 1. The summed E-state index contributed by atoms with van der Waals surface area (Å²) in [5.74, 6) is 7.01. The second-order valence-electron chi connectivity index (χ2n) is 7.75. The van der Waals surface area contributed by atoms with Gasteiger partial charge in [-0.05, 0) is 51.3 Å². The predicted octanol–water partition coefficient (Wildman–Crippen LogP) is 4.91. The van der Waals surface area contributed by atoms with E-state index in [0.29, 0.717) is 6.54 Å². The van der Waals surface area contributed by atoms with Gasteiger partial charge in [-0.1, -0.05) is 30.9 Å². The highest BCUT2D eigenvalue weighted by atomic mass is 16.6. The number of carbonyl (C=O) groups is 1. The number of aromatic amines is 1. The monoisotopic (exact) mass is 365 g/mol. The molecule has 1 N–H and O–H groups in total. The first-order chi connectivity index (χ1) is 12.9. The van der Waals surface area contributed by atoms with E-state index in [0.717, 1.165) is 41.9 Å². The molecule has 1 unspecified atom stereocenters. The van der Waals surface area contributed by atoms with Crippen LogP contribution in [0.3, 0.4) is 0 Å². The molecule has 1 fully saturated rings. The number of H-pyrrole nitrogens is 1. The molecule has 27 heavy (non-hydrogen) atoms. The minimum absolute atomic E-state index is 0.0664. The van der Waals surface area contributed by atoms with E-state index in [1.54, 1.807) is 4.90 Å². The first-order valence-corrected chi connectivity index (χ1v) is 9.51.